The maximum Gasteiger partial charge on any atom is 0.402 e. The van der Waals surface area contributed by atoms with Gasteiger partial charge in [0.1, 0.15) is 6.61 Å². The first kappa shape index (κ1) is 13.3. The fraction of sp³-hybridized carbons (Fsp3) is 0.600. The maximum atomic E-state index is 8.78. The Kier molecular flexibility index (Phi) is 13.6. The van der Waals surface area contributed by atoms with Crippen molar-refractivity contribution in [2.75, 3.05) is 20.3 Å². The van der Waals surface area contributed by atoms with E-state index >= 15 is 0 Å². The standard InChI is InChI=1S/C3H5NO.CH3NO2.CH4O2/c1-2-5-3-4-1;2-1(3)4;1-3-2/h3H,1-2H2;2H2,(H,3,4);2H,1H3. The molecule has 0 unspecified atom stereocenters. The predicted octanol–water partition coefficient (Wildman–Crippen LogP) is -0.226. The van der Waals surface area contributed by atoms with Crippen molar-refractivity contribution in [2.45, 2.75) is 0 Å². The summed E-state index contributed by atoms with van der Waals surface area (Å²) in [7, 11) is 1.18. The average Bonchev–Trinajstić information content (AvgIpc) is 2.40. The molecule has 7 heteroatoms. The summed E-state index contributed by atoms with van der Waals surface area (Å²) >= 11 is 0. The third kappa shape index (κ3) is 37.9. The number of rotatable bonds is 0. The Morgan fingerprint density at radius 1 is 1.83 bits per heavy atom. The lowest BCUT2D eigenvalue weighted by molar-refractivity contribution is -0.214. The van der Waals surface area contributed by atoms with E-state index in [1.807, 2.05) is 0 Å². The topological polar surface area (TPSA) is 114 Å². The monoisotopic (exact) mass is 180 g/mol. The van der Waals surface area contributed by atoms with Gasteiger partial charge in [-0.15, -0.1) is 0 Å². The second-order valence-corrected chi connectivity index (χ2v) is 1.40. The zero-order valence-corrected chi connectivity index (χ0v) is 6.64. The van der Waals surface area contributed by atoms with Crippen molar-refractivity contribution in [3.8, 4) is 0 Å². The second kappa shape index (κ2) is 12.3. The van der Waals surface area contributed by atoms with E-state index in [0.717, 1.165) is 13.2 Å². The molecule has 0 saturated heterocycles. The number of aliphatic imine (C=N–C) groups is 1. The molecular weight excluding hydrogens is 168 g/mol. The van der Waals surface area contributed by atoms with Gasteiger partial charge in [-0.2, -0.15) is 0 Å². The number of hydrogen-bond donors (Lipinski definition) is 3. The molecule has 0 spiro atoms. The van der Waals surface area contributed by atoms with Gasteiger partial charge in [-0.1, -0.05) is 0 Å². The summed E-state index contributed by atoms with van der Waals surface area (Å²) in [5.41, 5.74) is 4.03. The maximum absolute atomic E-state index is 8.78. The average molecular weight is 180 g/mol. The number of hydrogen-bond acceptors (Lipinski definition) is 5. The van der Waals surface area contributed by atoms with Crippen LogP contribution in [-0.4, -0.2) is 43.1 Å². The lowest BCUT2D eigenvalue weighted by Gasteiger charge is -1.76. The van der Waals surface area contributed by atoms with E-state index < -0.39 is 6.09 Å². The molecule has 1 aliphatic heterocycles. The van der Waals surface area contributed by atoms with Gasteiger partial charge in [0.05, 0.1) is 13.7 Å². The van der Waals surface area contributed by atoms with Crippen LogP contribution in [-0.2, 0) is 9.62 Å². The predicted molar refractivity (Wildman–Crippen MR) is 41.2 cm³/mol. The van der Waals surface area contributed by atoms with E-state index in [9.17, 15) is 0 Å². The van der Waals surface area contributed by atoms with E-state index in [4.69, 9.17) is 15.2 Å². The number of carbonyl (C=O) groups is 1. The van der Waals surface area contributed by atoms with Crippen molar-refractivity contribution < 1.29 is 24.8 Å². The molecule has 0 aromatic carbocycles. The van der Waals surface area contributed by atoms with E-state index in [1.165, 1.54) is 13.5 Å². The molecule has 0 saturated carbocycles. The molecule has 0 fully saturated rings. The van der Waals surface area contributed by atoms with Gasteiger partial charge in [-0.3, -0.25) is 10.2 Å². The molecule has 0 aromatic rings. The Balaban J connectivity index is 0. The Morgan fingerprint density at radius 2 is 2.25 bits per heavy atom. The molecule has 0 radical (unpaired) electrons. The molecular formula is C5H12N2O5. The van der Waals surface area contributed by atoms with Crippen molar-refractivity contribution in [3.63, 3.8) is 0 Å². The van der Waals surface area contributed by atoms with Crippen LogP contribution in [0.3, 0.4) is 0 Å². The highest BCUT2D eigenvalue weighted by Crippen LogP contribution is 1.78. The first-order valence-corrected chi connectivity index (χ1v) is 2.91. The van der Waals surface area contributed by atoms with Crippen LogP contribution in [0, 0.1) is 0 Å². The first-order chi connectivity index (χ1) is 5.65. The minimum Gasteiger partial charge on any atom is -0.482 e. The van der Waals surface area contributed by atoms with Crippen LogP contribution >= 0.6 is 0 Å². The van der Waals surface area contributed by atoms with E-state index in [-0.39, 0.29) is 0 Å². The fourth-order valence-corrected chi connectivity index (χ4v) is 0.264. The molecule has 1 rings (SSSR count). The smallest absolute Gasteiger partial charge is 0.402 e. The lowest BCUT2D eigenvalue weighted by atomic mass is 10.8. The molecule has 12 heavy (non-hydrogen) atoms. The van der Waals surface area contributed by atoms with E-state index in [0.29, 0.717) is 0 Å². The molecule has 0 bridgehead atoms. The van der Waals surface area contributed by atoms with Crippen molar-refractivity contribution in [2.24, 2.45) is 10.7 Å². The summed E-state index contributed by atoms with van der Waals surface area (Å²) in [5.74, 6) is 0. The van der Waals surface area contributed by atoms with Crippen molar-refractivity contribution >= 4 is 12.5 Å². The molecule has 1 amide bonds. The Hall–Kier alpha value is -1.34. The second-order valence-electron chi connectivity index (χ2n) is 1.40. The summed E-state index contributed by atoms with van der Waals surface area (Å²) in [6.07, 6.45) is 0.153. The van der Waals surface area contributed by atoms with Crippen LogP contribution in [0.4, 0.5) is 4.79 Å². The molecule has 1 aliphatic rings. The molecule has 0 aliphatic carbocycles. The van der Waals surface area contributed by atoms with Crippen LogP contribution in [0.5, 0.6) is 0 Å². The fourth-order valence-electron chi connectivity index (χ4n) is 0.264. The van der Waals surface area contributed by atoms with Crippen LogP contribution < -0.4 is 5.73 Å². The lowest BCUT2D eigenvalue weighted by Crippen LogP contribution is -2.03. The van der Waals surface area contributed by atoms with Crippen LogP contribution in [0.2, 0.25) is 0 Å². The number of amides is 1. The van der Waals surface area contributed by atoms with Crippen LogP contribution in [0.25, 0.3) is 0 Å². The first-order valence-electron chi connectivity index (χ1n) is 2.91. The molecule has 4 N–H and O–H groups in total. The van der Waals surface area contributed by atoms with Gasteiger partial charge in [0.25, 0.3) is 0 Å². The van der Waals surface area contributed by atoms with E-state index in [2.05, 4.69) is 20.4 Å². The van der Waals surface area contributed by atoms with Crippen molar-refractivity contribution in [3.05, 3.63) is 0 Å². The van der Waals surface area contributed by atoms with Gasteiger partial charge in [-0.25, -0.2) is 9.68 Å². The van der Waals surface area contributed by atoms with Gasteiger partial charge < -0.3 is 15.6 Å². The normalized spacial score (nSPS) is 11.5. The van der Waals surface area contributed by atoms with Crippen LogP contribution in [0.1, 0.15) is 0 Å². The van der Waals surface area contributed by atoms with Gasteiger partial charge in [0.2, 0.25) is 0 Å². The minimum absolute atomic E-state index is 0.778. The van der Waals surface area contributed by atoms with Gasteiger partial charge in [0.15, 0.2) is 6.40 Å². The third-order valence-electron chi connectivity index (χ3n) is 0.487. The molecule has 7 nitrogen and oxygen atoms in total. The largest absolute Gasteiger partial charge is 0.482 e. The zero-order chi connectivity index (χ0) is 9.82. The highest BCUT2D eigenvalue weighted by atomic mass is 17.1. The molecule has 0 atom stereocenters. The Morgan fingerprint density at radius 3 is 2.33 bits per heavy atom. The minimum atomic E-state index is -1.33. The molecule has 0 aromatic heterocycles. The number of carboxylic acid groups (broad SMARTS) is 1. The summed E-state index contributed by atoms with van der Waals surface area (Å²) in [6.45, 7) is 1.62. The SMILES string of the molecule is C1=NCCO1.COO.NC(=O)O. The number of primary amides is 1. The number of ether oxygens (including phenoxy) is 1. The van der Waals surface area contributed by atoms with Gasteiger partial charge in [0, 0.05) is 0 Å². The summed E-state index contributed by atoms with van der Waals surface area (Å²) < 4.78 is 4.65. The summed E-state index contributed by atoms with van der Waals surface area (Å²) in [5, 5.41) is 14.3. The number of nitrogens with zero attached hydrogens (tertiary/aromatic N) is 1. The summed E-state index contributed by atoms with van der Waals surface area (Å²) in [6, 6.07) is 0. The Bertz CT molecular complexity index is 117. The van der Waals surface area contributed by atoms with Gasteiger partial charge >= 0.3 is 6.09 Å². The third-order valence-corrected chi connectivity index (χ3v) is 0.487. The van der Waals surface area contributed by atoms with Crippen LogP contribution in [0.15, 0.2) is 4.99 Å². The zero-order valence-electron chi connectivity index (χ0n) is 6.64. The molecule has 72 valence electrons. The summed E-state index contributed by atoms with van der Waals surface area (Å²) in [4.78, 5) is 15.8. The van der Waals surface area contributed by atoms with Crippen molar-refractivity contribution in [1.82, 2.24) is 0 Å². The number of nitrogens with two attached hydrogens (primary N) is 1. The Labute approximate surface area is 69.3 Å². The van der Waals surface area contributed by atoms with Gasteiger partial charge in [-0.05, 0) is 0 Å². The van der Waals surface area contributed by atoms with E-state index in [1.54, 1.807) is 0 Å². The molecule has 1 heterocycles. The highest BCUT2D eigenvalue weighted by molar-refractivity contribution is 5.61. The quantitative estimate of drug-likeness (QED) is 0.352. The van der Waals surface area contributed by atoms with Crippen molar-refractivity contribution in [1.29, 1.82) is 0 Å². The highest BCUT2D eigenvalue weighted by Gasteiger charge is 1.84.